The second kappa shape index (κ2) is 4.26. The van der Waals surface area contributed by atoms with Crippen LogP contribution in [0.4, 0.5) is 0 Å². The van der Waals surface area contributed by atoms with Crippen molar-refractivity contribution in [3.05, 3.63) is 41.0 Å². The average molecular weight is 244 g/mol. The third kappa shape index (κ3) is 1.99. The Labute approximate surface area is 106 Å². The SMILES string of the molecule is Cc1cc(C)cc(-c2c(O)c(C)cc(O)c2O)c1. The zero-order chi connectivity index (χ0) is 13.4. The first kappa shape index (κ1) is 12.3. The number of benzene rings is 2. The van der Waals surface area contributed by atoms with Crippen LogP contribution in [0.2, 0.25) is 0 Å². The molecular weight excluding hydrogens is 228 g/mol. The quantitative estimate of drug-likeness (QED) is 0.532. The topological polar surface area (TPSA) is 60.7 Å². The van der Waals surface area contributed by atoms with E-state index >= 15 is 0 Å². The summed E-state index contributed by atoms with van der Waals surface area (Å²) >= 11 is 0. The molecule has 0 aliphatic carbocycles. The fourth-order valence-corrected chi connectivity index (χ4v) is 2.17. The maximum atomic E-state index is 10.1. The number of hydrogen-bond acceptors (Lipinski definition) is 3. The van der Waals surface area contributed by atoms with Crippen molar-refractivity contribution in [2.75, 3.05) is 0 Å². The molecule has 0 aliphatic rings. The molecule has 3 heteroatoms. The zero-order valence-corrected chi connectivity index (χ0v) is 10.7. The summed E-state index contributed by atoms with van der Waals surface area (Å²) in [7, 11) is 0. The summed E-state index contributed by atoms with van der Waals surface area (Å²) in [5, 5.41) is 29.6. The molecule has 0 unspecified atom stereocenters. The lowest BCUT2D eigenvalue weighted by Gasteiger charge is -2.12. The summed E-state index contributed by atoms with van der Waals surface area (Å²) in [6.07, 6.45) is 0. The van der Waals surface area contributed by atoms with E-state index in [0.717, 1.165) is 11.1 Å². The van der Waals surface area contributed by atoms with Gasteiger partial charge in [0.1, 0.15) is 5.75 Å². The molecule has 3 N–H and O–H groups in total. The number of phenolic OH excluding ortho intramolecular Hbond substituents is 3. The van der Waals surface area contributed by atoms with E-state index in [4.69, 9.17) is 0 Å². The highest BCUT2D eigenvalue weighted by Crippen LogP contribution is 2.45. The van der Waals surface area contributed by atoms with Crippen molar-refractivity contribution in [2.45, 2.75) is 20.8 Å². The Hall–Kier alpha value is -2.16. The van der Waals surface area contributed by atoms with Crippen LogP contribution in [0.15, 0.2) is 24.3 Å². The molecule has 0 spiro atoms. The maximum absolute atomic E-state index is 10.1. The minimum absolute atomic E-state index is 0.00435. The normalized spacial score (nSPS) is 10.6. The van der Waals surface area contributed by atoms with E-state index < -0.39 is 0 Å². The van der Waals surface area contributed by atoms with Crippen LogP contribution in [0.25, 0.3) is 11.1 Å². The third-order valence-electron chi connectivity index (χ3n) is 2.95. The van der Waals surface area contributed by atoms with Gasteiger partial charge in [0.2, 0.25) is 0 Å². The molecule has 0 atom stereocenters. The van der Waals surface area contributed by atoms with Crippen molar-refractivity contribution < 1.29 is 15.3 Å². The minimum Gasteiger partial charge on any atom is -0.507 e. The molecule has 0 saturated heterocycles. The van der Waals surface area contributed by atoms with Crippen LogP contribution in [0.5, 0.6) is 17.2 Å². The van der Waals surface area contributed by atoms with Gasteiger partial charge < -0.3 is 15.3 Å². The van der Waals surface area contributed by atoms with Gasteiger partial charge in [0.25, 0.3) is 0 Å². The Balaban J connectivity index is 2.78. The van der Waals surface area contributed by atoms with Crippen LogP contribution < -0.4 is 0 Å². The molecule has 2 aromatic carbocycles. The van der Waals surface area contributed by atoms with Crippen molar-refractivity contribution in [2.24, 2.45) is 0 Å². The highest BCUT2D eigenvalue weighted by molar-refractivity contribution is 5.81. The first-order chi connectivity index (χ1) is 8.40. The lowest BCUT2D eigenvalue weighted by molar-refractivity contribution is 0.397. The van der Waals surface area contributed by atoms with E-state index in [2.05, 4.69) is 0 Å². The number of hydrogen-bond donors (Lipinski definition) is 3. The second-order valence-corrected chi connectivity index (χ2v) is 4.66. The molecule has 2 rings (SSSR count). The molecule has 0 fully saturated rings. The van der Waals surface area contributed by atoms with Crippen LogP contribution in [0.3, 0.4) is 0 Å². The van der Waals surface area contributed by atoms with E-state index in [1.165, 1.54) is 6.07 Å². The van der Waals surface area contributed by atoms with Gasteiger partial charge in [0, 0.05) is 0 Å². The van der Waals surface area contributed by atoms with Crippen molar-refractivity contribution in [3.8, 4) is 28.4 Å². The number of rotatable bonds is 1. The van der Waals surface area contributed by atoms with E-state index in [9.17, 15) is 15.3 Å². The first-order valence-electron chi connectivity index (χ1n) is 5.73. The monoisotopic (exact) mass is 244 g/mol. The first-order valence-corrected chi connectivity index (χ1v) is 5.73. The number of aryl methyl sites for hydroxylation is 3. The van der Waals surface area contributed by atoms with Gasteiger partial charge in [-0.3, -0.25) is 0 Å². The summed E-state index contributed by atoms with van der Waals surface area (Å²) in [5.41, 5.74) is 3.56. The Kier molecular flexibility index (Phi) is 2.91. The van der Waals surface area contributed by atoms with Crippen molar-refractivity contribution in [1.29, 1.82) is 0 Å². The van der Waals surface area contributed by atoms with Gasteiger partial charge >= 0.3 is 0 Å². The molecule has 0 heterocycles. The van der Waals surface area contributed by atoms with Gasteiger partial charge in [-0.2, -0.15) is 0 Å². The molecule has 2 aromatic rings. The molecule has 0 amide bonds. The number of aromatic hydroxyl groups is 3. The molecule has 0 saturated carbocycles. The summed E-state index contributed by atoms with van der Waals surface area (Å²) in [6.45, 7) is 5.57. The largest absolute Gasteiger partial charge is 0.507 e. The summed E-state index contributed by atoms with van der Waals surface area (Å²) in [4.78, 5) is 0. The predicted octanol–water partition coefficient (Wildman–Crippen LogP) is 3.40. The highest BCUT2D eigenvalue weighted by atomic mass is 16.3. The molecule has 3 nitrogen and oxygen atoms in total. The van der Waals surface area contributed by atoms with Crippen LogP contribution >= 0.6 is 0 Å². The molecule has 0 aromatic heterocycles. The Morgan fingerprint density at radius 2 is 1.28 bits per heavy atom. The van der Waals surface area contributed by atoms with Gasteiger partial charge in [0.15, 0.2) is 11.5 Å². The van der Waals surface area contributed by atoms with Crippen molar-refractivity contribution >= 4 is 0 Å². The Morgan fingerprint density at radius 1 is 0.722 bits per heavy atom. The average Bonchev–Trinajstić information content (AvgIpc) is 2.25. The van der Waals surface area contributed by atoms with E-state index in [1.54, 1.807) is 6.92 Å². The summed E-state index contributed by atoms with van der Waals surface area (Å²) in [5.74, 6) is -0.516. The molecule has 0 bridgehead atoms. The van der Waals surface area contributed by atoms with Crippen LogP contribution in [0.1, 0.15) is 16.7 Å². The third-order valence-corrected chi connectivity index (χ3v) is 2.95. The van der Waals surface area contributed by atoms with Crippen LogP contribution in [0, 0.1) is 20.8 Å². The molecular formula is C15H16O3. The highest BCUT2D eigenvalue weighted by Gasteiger charge is 2.17. The lowest BCUT2D eigenvalue weighted by atomic mass is 9.97. The van der Waals surface area contributed by atoms with E-state index in [1.807, 2.05) is 32.0 Å². The van der Waals surface area contributed by atoms with Gasteiger partial charge in [0.05, 0.1) is 5.56 Å². The number of phenols is 3. The Morgan fingerprint density at radius 3 is 1.83 bits per heavy atom. The molecule has 18 heavy (non-hydrogen) atoms. The molecule has 94 valence electrons. The van der Waals surface area contributed by atoms with E-state index in [-0.39, 0.29) is 22.8 Å². The van der Waals surface area contributed by atoms with Crippen molar-refractivity contribution in [3.63, 3.8) is 0 Å². The van der Waals surface area contributed by atoms with Crippen molar-refractivity contribution in [1.82, 2.24) is 0 Å². The second-order valence-electron chi connectivity index (χ2n) is 4.66. The standard InChI is InChI=1S/C15H16O3/c1-8-4-9(2)6-11(5-8)13-14(17)10(3)7-12(16)15(13)18/h4-7,16-18H,1-3H3. The summed E-state index contributed by atoms with van der Waals surface area (Å²) < 4.78 is 0. The smallest absolute Gasteiger partial charge is 0.169 e. The summed E-state index contributed by atoms with van der Waals surface area (Å²) in [6, 6.07) is 7.07. The Bertz CT molecular complexity index is 569. The lowest BCUT2D eigenvalue weighted by Crippen LogP contribution is -1.87. The minimum atomic E-state index is -0.289. The van der Waals surface area contributed by atoms with Gasteiger partial charge in [-0.1, -0.05) is 29.3 Å². The predicted molar refractivity (Wildman–Crippen MR) is 71.1 cm³/mol. The van der Waals surface area contributed by atoms with E-state index in [0.29, 0.717) is 11.1 Å². The van der Waals surface area contributed by atoms with Gasteiger partial charge in [-0.05, 0) is 38.0 Å². The van der Waals surface area contributed by atoms with Crippen LogP contribution in [-0.2, 0) is 0 Å². The maximum Gasteiger partial charge on any atom is 0.169 e. The fourth-order valence-electron chi connectivity index (χ4n) is 2.17. The fraction of sp³-hybridized carbons (Fsp3) is 0.200. The molecule has 0 radical (unpaired) electrons. The van der Waals surface area contributed by atoms with Crippen LogP contribution in [-0.4, -0.2) is 15.3 Å². The van der Waals surface area contributed by atoms with Gasteiger partial charge in [-0.15, -0.1) is 0 Å². The van der Waals surface area contributed by atoms with Gasteiger partial charge in [-0.25, -0.2) is 0 Å². The molecule has 0 aliphatic heterocycles. The zero-order valence-electron chi connectivity index (χ0n) is 10.7.